The molecule has 0 heteroatoms. The number of allylic oxidation sites excluding steroid dienone is 1. The third-order valence-electron chi connectivity index (χ3n) is 8.26. The Morgan fingerprint density at radius 2 is 1.82 bits per heavy atom. The third-order valence-corrected chi connectivity index (χ3v) is 8.26. The predicted octanol–water partition coefficient (Wildman–Crippen LogP) is 6.86. The van der Waals surface area contributed by atoms with Gasteiger partial charge in [0.15, 0.2) is 0 Å². The van der Waals surface area contributed by atoms with Crippen molar-refractivity contribution in [3.63, 3.8) is 0 Å². The van der Waals surface area contributed by atoms with Crippen molar-refractivity contribution >= 4 is 0 Å². The van der Waals surface area contributed by atoms with Gasteiger partial charge in [0, 0.05) is 0 Å². The molecule has 0 aliphatic heterocycles. The maximum atomic E-state index is 4.35. The first-order chi connectivity index (χ1) is 10.5. The van der Waals surface area contributed by atoms with E-state index in [9.17, 15) is 0 Å². The van der Waals surface area contributed by atoms with Crippen molar-refractivity contribution in [2.75, 3.05) is 0 Å². The molecule has 3 fully saturated rings. The van der Waals surface area contributed by atoms with E-state index in [1.54, 1.807) is 0 Å². The summed E-state index contributed by atoms with van der Waals surface area (Å²) in [5.41, 5.74) is 2.05. The van der Waals surface area contributed by atoms with Crippen LogP contribution in [0.1, 0.15) is 85.5 Å². The molecule has 3 aliphatic rings. The van der Waals surface area contributed by atoms with E-state index in [0.717, 1.165) is 35.5 Å². The number of hydrogen-bond donors (Lipinski definition) is 0. The van der Waals surface area contributed by atoms with Crippen molar-refractivity contribution in [2.24, 2.45) is 40.9 Å². The van der Waals surface area contributed by atoms with E-state index in [1.807, 2.05) is 0 Å². The van der Waals surface area contributed by atoms with Crippen LogP contribution in [0.2, 0.25) is 0 Å². The molecule has 0 aromatic rings. The fourth-order valence-corrected chi connectivity index (χ4v) is 7.33. The smallest absolute Gasteiger partial charge is 0.0152 e. The van der Waals surface area contributed by atoms with Crippen LogP contribution in [-0.2, 0) is 0 Å². The molecule has 22 heavy (non-hydrogen) atoms. The lowest BCUT2D eigenvalue weighted by Gasteiger charge is -2.55. The molecular formula is C22H38. The minimum atomic E-state index is 0.586. The summed E-state index contributed by atoms with van der Waals surface area (Å²) in [6.07, 6.45) is 13.3. The van der Waals surface area contributed by atoms with E-state index in [0.29, 0.717) is 5.41 Å². The van der Waals surface area contributed by atoms with Crippen LogP contribution in [0.4, 0.5) is 0 Å². The molecule has 0 spiro atoms. The van der Waals surface area contributed by atoms with Gasteiger partial charge in [0.2, 0.25) is 0 Å². The topological polar surface area (TPSA) is 0 Å². The van der Waals surface area contributed by atoms with E-state index < -0.39 is 0 Å². The molecular weight excluding hydrogens is 264 g/mol. The van der Waals surface area contributed by atoms with E-state index in [2.05, 4.69) is 34.3 Å². The van der Waals surface area contributed by atoms with Gasteiger partial charge in [-0.05, 0) is 86.4 Å². The van der Waals surface area contributed by atoms with Crippen LogP contribution in [0.5, 0.6) is 0 Å². The van der Waals surface area contributed by atoms with Crippen LogP contribution in [0.3, 0.4) is 0 Å². The zero-order chi connectivity index (χ0) is 15.9. The summed E-state index contributed by atoms with van der Waals surface area (Å²) in [6, 6.07) is 0. The molecule has 0 aromatic heterocycles. The van der Waals surface area contributed by atoms with Crippen LogP contribution in [0.25, 0.3) is 0 Å². The molecule has 7 atom stereocenters. The summed E-state index contributed by atoms with van der Waals surface area (Å²) in [6.45, 7) is 14.1. The highest BCUT2D eigenvalue weighted by atomic mass is 14.6. The lowest BCUT2D eigenvalue weighted by Crippen LogP contribution is -2.47. The van der Waals surface area contributed by atoms with Gasteiger partial charge < -0.3 is 0 Å². The fraction of sp³-hybridized carbons (Fsp3) is 0.909. The first-order valence-corrected chi connectivity index (χ1v) is 10.2. The summed E-state index contributed by atoms with van der Waals surface area (Å²) in [5.74, 6) is 5.99. The van der Waals surface area contributed by atoms with Gasteiger partial charge >= 0.3 is 0 Å². The molecule has 3 aliphatic carbocycles. The number of fused-ring (bicyclic) bond motifs is 3. The Labute approximate surface area is 139 Å². The second-order valence-electron chi connectivity index (χ2n) is 9.15. The average molecular weight is 303 g/mol. The molecule has 0 heterocycles. The summed E-state index contributed by atoms with van der Waals surface area (Å²) < 4.78 is 0. The Morgan fingerprint density at radius 3 is 2.45 bits per heavy atom. The maximum Gasteiger partial charge on any atom is -0.0152 e. The summed E-state index contributed by atoms with van der Waals surface area (Å²) in [7, 11) is 0. The van der Waals surface area contributed by atoms with E-state index in [4.69, 9.17) is 0 Å². The van der Waals surface area contributed by atoms with Gasteiger partial charge in [-0.25, -0.2) is 0 Å². The lowest BCUT2D eigenvalue weighted by molar-refractivity contribution is -0.0501. The Kier molecular flexibility index (Phi) is 4.77. The molecule has 0 nitrogen and oxygen atoms in total. The second-order valence-corrected chi connectivity index (χ2v) is 9.15. The van der Waals surface area contributed by atoms with Crippen molar-refractivity contribution in [1.82, 2.24) is 0 Å². The number of rotatable bonds is 4. The molecule has 3 rings (SSSR count). The molecule has 3 saturated carbocycles. The van der Waals surface area contributed by atoms with E-state index in [1.165, 1.54) is 63.4 Å². The molecule has 7 unspecified atom stereocenters. The van der Waals surface area contributed by atoms with Crippen LogP contribution in [0.15, 0.2) is 12.2 Å². The number of hydrogen-bond acceptors (Lipinski definition) is 0. The van der Waals surface area contributed by atoms with Crippen LogP contribution in [0, 0.1) is 40.9 Å². The van der Waals surface area contributed by atoms with Crippen molar-refractivity contribution < 1.29 is 0 Å². The molecule has 0 radical (unpaired) electrons. The largest absolute Gasteiger partial charge is 0.0998 e. The van der Waals surface area contributed by atoms with Gasteiger partial charge in [0.1, 0.15) is 0 Å². The van der Waals surface area contributed by atoms with E-state index in [-0.39, 0.29) is 0 Å². The van der Waals surface area contributed by atoms with Crippen LogP contribution >= 0.6 is 0 Å². The monoisotopic (exact) mass is 302 g/mol. The molecule has 126 valence electrons. The van der Waals surface area contributed by atoms with Crippen molar-refractivity contribution in [3.8, 4) is 0 Å². The normalized spacial score (nSPS) is 47.8. The fourth-order valence-electron chi connectivity index (χ4n) is 7.33. The zero-order valence-corrected chi connectivity index (χ0v) is 15.5. The highest BCUT2D eigenvalue weighted by molar-refractivity contribution is 5.13. The van der Waals surface area contributed by atoms with Crippen molar-refractivity contribution in [3.05, 3.63) is 12.2 Å². The Hall–Kier alpha value is -0.260. The standard InChI is InChI=1S/C22H38/c1-6-8-17-16(7-2)9-10-19-18(17)13-14-22(5)20(15(3)4)11-12-21(19)22/h16-21H,3,6-14H2,1-2,4-5H3. The highest BCUT2D eigenvalue weighted by Crippen LogP contribution is 2.64. The predicted molar refractivity (Wildman–Crippen MR) is 96.8 cm³/mol. The SMILES string of the molecule is C=C(C)C1CCC2C3CCC(CC)C(CCC)C3CCC12C. The summed E-state index contributed by atoms with van der Waals surface area (Å²) >= 11 is 0. The van der Waals surface area contributed by atoms with Gasteiger partial charge in [-0.15, -0.1) is 0 Å². The first kappa shape index (κ1) is 16.6. The van der Waals surface area contributed by atoms with Gasteiger partial charge in [-0.2, -0.15) is 0 Å². The average Bonchev–Trinajstić information content (AvgIpc) is 2.85. The van der Waals surface area contributed by atoms with Crippen LogP contribution < -0.4 is 0 Å². The maximum absolute atomic E-state index is 4.35. The van der Waals surface area contributed by atoms with Gasteiger partial charge in [-0.3, -0.25) is 0 Å². The quantitative estimate of drug-likeness (QED) is 0.498. The molecule has 0 saturated heterocycles. The molecule has 0 amide bonds. The van der Waals surface area contributed by atoms with Gasteiger partial charge in [0.25, 0.3) is 0 Å². The minimum Gasteiger partial charge on any atom is -0.0998 e. The lowest BCUT2D eigenvalue weighted by atomic mass is 9.50. The second kappa shape index (κ2) is 6.33. The first-order valence-electron chi connectivity index (χ1n) is 10.2. The Morgan fingerprint density at radius 1 is 1.05 bits per heavy atom. The van der Waals surface area contributed by atoms with Crippen molar-refractivity contribution in [2.45, 2.75) is 85.5 Å². The van der Waals surface area contributed by atoms with Crippen LogP contribution in [-0.4, -0.2) is 0 Å². The molecule has 0 N–H and O–H groups in total. The van der Waals surface area contributed by atoms with E-state index >= 15 is 0 Å². The Balaban J connectivity index is 1.83. The van der Waals surface area contributed by atoms with Gasteiger partial charge in [0.05, 0.1) is 0 Å². The summed E-state index contributed by atoms with van der Waals surface area (Å²) in [5, 5.41) is 0. The molecule has 0 bridgehead atoms. The third kappa shape index (κ3) is 2.49. The zero-order valence-electron chi connectivity index (χ0n) is 15.5. The molecule has 0 aromatic carbocycles. The Bertz CT molecular complexity index is 408. The highest BCUT2D eigenvalue weighted by Gasteiger charge is 2.56. The minimum absolute atomic E-state index is 0.586. The summed E-state index contributed by atoms with van der Waals surface area (Å²) in [4.78, 5) is 0. The van der Waals surface area contributed by atoms with Gasteiger partial charge in [-0.1, -0.05) is 52.2 Å². The van der Waals surface area contributed by atoms with Crippen molar-refractivity contribution in [1.29, 1.82) is 0 Å².